The van der Waals surface area contributed by atoms with Crippen molar-refractivity contribution in [2.24, 2.45) is 4.99 Å². The Bertz CT molecular complexity index is 1350. The van der Waals surface area contributed by atoms with Gasteiger partial charge < -0.3 is 16.2 Å². The predicted octanol–water partition coefficient (Wildman–Crippen LogP) is 5.82. The number of aromatic nitrogens is 2. The number of nitrogens with one attached hydrogen (secondary N) is 1. The summed E-state index contributed by atoms with van der Waals surface area (Å²) in [7, 11) is 0. The number of alkyl halides is 3. The maximum atomic E-state index is 13.0. The monoisotopic (exact) mass is 513 g/mol. The summed E-state index contributed by atoms with van der Waals surface area (Å²) in [4.78, 5) is 24.6. The van der Waals surface area contributed by atoms with Gasteiger partial charge in [0, 0.05) is 30.1 Å². The number of carboxylic acids is 1. The van der Waals surface area contributed by atoms with Crippen molar-refractivity contribution in [3.05, 3.63) is 76.6 Å². The Morgan fingerprint density at radius 3 is 2.75 bits per heavy atom. The first-order chi connectivity index (χ1) is 17.2. The highest BCUT2D eigenvalue weighted by molar-refractivity contribution is 8.01. The molecule has 2 aromatic heterocycles. The van der Waals surface area contributed by atoms with Crippen LogP contribution in [0, 0.1) is 0 Å². The lowest BCUT2D eigenvalue weighted by atomic mass is 9.82. The molecule has 7 nitrogen and oxygen atoms in total. The van der Waals surface area contributed by atoms with E-state index in [1.54, 1.807) is 30.0 Å². The van der Waals surface area contributed by atoms with Gasteiger partial charge in [0.2, 0.25) is 0 Å². The number of aromatic carboxylic acids is 1. The fourth-order valence-corrected chi connectivity index (χ4v) is 5.91. The van der Waals surface area contributed by atoms with Crippen molar-refractivity contribution in [1.29, 1.82) is 0 Å². The number of anilines is 3. The number of hydrogen-bond acceptors (Lipinski definition) is 7. The van der Waals surface area contributed by atoms with Crippen molar-refractivity contribution in [3.8, 4) is 0 Å². The molecule has 3 unspecified atom stereocenters. The molecule has 0 saturated heterocycles. The van der Waals surface area contributed by atoms with Gasteiger partial charge in [-0.15, -0.1) is 11.8 Å². The van der Waals surface area contributed by atoms with Crippen LogP contribution in [0.5, 0.6) is 0 Å². The number of carbonyl (C=O) groups is 1. The van der Waals surface area contributed by atoms with E-state index in [2.05, 4.69) is 15.3 Å². The summed E-state index contributed by atoms with van der Waals surface area (Å²) in [6, 6.07) is 10.4. The Balaban J connectivity index is 1.34. The van der Waals surface area contributed by atoms with Crippen LogP contribution in [0.1, 0.15) is 56.8 Å². The zero-order valence-corrected chi connectivity index (χ0v) is 19.7. The Labute approximate surface area is 209 Å². The van der Waals surface area contributed by atoms with Gasteiger partial charge in [0.05, 0.1) is 22.1 Å². The van der Waals surface area contributed by atoms with Crippen LogP contribution in [0.2, 0.25) is 0 Å². The number of nitrogens with zero attached hydrogens (tertiary/aromatic N) is 3. The molecule has 11 heteroatoms. The molecule has 0 spiro atoms. The molecule has 0 amide bonds. The molecule has 1 aromatic carbocycles. The molecule has 3 aromatic rings. The number of pyridine rings is 2. The number of hydrogen-bond donors (Lipinski definition) is 3. The van der Waals surface area contributed by atoms with Crippen LogP contribution in [0.3, 0.4) is 0 Å². The van der Waals surface area contributed by atoms with Crippen LogP contribution in [-0.2, 0) is 12.6 Å². The molecular weight excluding hydrogens is 491 g/mol. The summed E-state index contributed by atoms with van der Waals surface area (Å²) in [5.41, 5.74) is 8.78. The molecule has 1 aliphatic heterocycles. The van der Waals surface area contributed by atoms with Gasteiger partial charge >= 0.3 is 12.1 Å². The Morgan fingerprint density at radius 1 is 1.14 bits per heavy atom. The maximum Gasteiger partial charge on any atom is 0.416 e. The molecule has 3 atom stereocenters. The van der Waals surface area contributed by atoms with E-state index >= 15 is 0 Å². The molecule has 186 valence electrons. The summed E-state index contributed by atoms with van der Waals surface area (Å²) in [5.74, 6) is -0.487. The van der Waals surface area contributed by atoms with E-state index < -0.39 is 17.7 Å². The molecule has 0 saturated carbocycles. The standard InChI is InChI=1S/C25H22F3N5O2S/c26-25(27,28)15-6-7-30-21(9-15)33-22-11-16(29)10-19(32-22)20-12-31-23(36-20)18-3-1-2-13-8-14(24(34)35)4-5-17(13)18/h4-12,18,20,23H,1-3H2,(H,34,35)(H3,29,30,32,33). The van der Waals surface area contributed by atoms with Gasteiger partial charge in [-0.3, -0.25) is 4.99 Å². The number of benzene rings is 1. The fourth-order valence-electron chi connectivity index (χ4n) is 4.60. The van der Waals surface area contributed by atoms with Crippen molar-refractivity contribution < 1.29 is 23.1 Å². The van der Waals surface area contributed by atoms with Gasteiger partial charge in [-0.05, 0) is 60.7 Å². The summed E-state index contributed by atoms with van der Waals surface area (Å²) in [5, 5.41) is 11.9. The minimum Gasteiger partial charge on any atom is -0.478 e. The number of rotatable bonds is 5. The lowest BCUT2D eigenvalue weighted by Crippen LogP contribution is -2.19. The first-order valence-electron chi connectivity index (χ1n) is 11.3. The van der Waals surface area contributed by atoms with Gasteiger partial charge in [0.1, 0.15) is 17.0 Å². The number of aliphatic imine (C=N–C) groups is 1. The Kier molecular flexibility index (Phi) is 6.33. The molecule has 0 fully saturated rings. The van der Waals surface area contributed by atoms with E-state index in [1.165, 1.54) is 6.07 Å². The normalized spacial score (nSPS) is 21.2. The van der Waals surface area contributed by atoms with E-state index in [-0.39, 0.29) is 27.9 Å². The van der Waals surface area contributed by atoms with Crippen molar-refractivity contribution in [2.45, 2.75) is 42.0 Å². The molecule has 5 rings (SSSR count). The molecule has 3 heterocycles. The molecule has 2 aliphatic rings. The Hall–Kier alpha value is -3.60. The lowest BCUT2D eigenvalue weighted by Gasteiger charge is -2.29. The minimum absolute atomic E-state index is 0.0130. The van der Waals surface area contributed by atoms with Crippen LogP contribution in [0.15, 0.2) is 53.7 Å². The summed E-state index contributed by atoms with van der Waals surface area (Å²) >= 11 is 1.63. The molecule has 36 heavy (non-hydrogen) atoms. The van der Waals surface area contributed by atoms with Crippen LogP contribution in [0.4, 0.5) is 30.5 Å². The summed E-state index contributed by atoms with van der Waals surface area (Å²) in [6.45, 7) is 0. The first kappa shape index (κ1) is 24.1. The highest BCUT2D eigenvalue weighted by Crippen LogP contribution is 2.47. The zero-order chi connectivity index (χ0) is 25.4. The summed E-state index contributed by atoms with van der Waals surface area (Å²) < 4.78 is 39.1. The van der Waals surface area contributed by atoms with Crippen LogP contribution in [0.25, 0.3) is 0 Å². The zero-order valence-electron chi connectivity index (χ0n) is 18.9. The second-order valence-electron chi connectivity index (χ2n) is 8.73. The number of aryl methyl sites for hydroxylation is 1. The average Bonchev–Trinajstić information content (AvgIpc) is 3.33. The number of nitrogens with two attached hydrogens (primary N) is 1. The topological polar surface area (TPSA) is 113 Å². The quantitative estimate of drug-likeness (QED) is 0.394. The van der Waals surface area contributed by atoms with E-state index in [0.717, 1.165) is 48.7 Å². The van der Waals surface area contributed by atoms with Gasteiger partial charge in [-0.25, -0.2) is 14.8 Å². The number of fused-ring (bicyclic) bond motifs is 1. The minimum atomic E-state index is -4.48. The molecular formula is C25H22F3N5O2S. The lowest BCUT2D eigenvalue weighted by molar-refractivity contribution is -0.137. The first-order valence-corrected chi connectivity index (χ1v) is 12.2. The molecule has 4 N–H and O–H groups in total. The van der Waals surface area contributed by atoms with E-state index in [4.69, 9.17) is 10.7 Å². The number of thioether (sulfide) groups is 1. The van der Waals surface area contributed by atoms with Crippen molar-refractivity contribution in [2.75, 3.05) is 11.1 Å². The van der Waals surface area contributed by atoms with Crippen LogP contribution >= 0.6 is 11.8 Å². The highest BCUT2D eigenvalue weighted by Gasteiger charge is 2.34. The highest BCUT2D eigenvalue weighted by atomic mass is 32.2. The van der Waals surface area contributed by atoms with Gasteiger partial charge in [0.15, 0.2) is 0 Å². The second kappa shape index (κ2) is 9.45. The average molecular weight is 514 g/mol. The Morgan fingerprint density at radius 2 is 1.97 bits per heavy atom. The maximum absolute atomic E-state index is 13.0. The van der Waals surface area contributed by atoms with E-state index in [9.17, 15) is 23.1 Å². The van der Waals surface area contributed by atoms with Crippen molar-refractivity contribution in [1.82, 2.24) is 9.97 Å². The predicted molar refractivity (Wildman–Crippen MR) is 133 cm³/mol. The fraction of sp³-hybridized carbons (Fsp3) is 0.280. The number of halogens is 3. The largest absolute Gasteiger partial charge is 0.478 e. The van der Waals surface area contributed by atoms with Gasteiger partial charge in [0.25, 0.3) is 0 Å². The molecule has 0 bridgehead atoms. The van der Waals surface area contributed by atoms with Gasteiger partial charge in [-0.1, -0.05) is 6.07 Å². The summed E-state index contributed by atoms with van der Waals surface area (Å²) in [6.07, 6.45) is 1.17. The smallest absolute Gasteiger partial charge is 0.416 e. The third-order valence-electron chi connectivity index (χ3n) is 6.25. The molecule has 0 radical (unpaired) electrons. The molecule has 1 aliphatic carbocycles. The third kappa shape index (κ3) is 5.01. The number of nitrogen functional groups attached to an aromatic ring is 1. The van der Waals surface area contributed by atoms with Gasteiger partial charge in [-0.2, -0.15) is 13.2 Å². The van der Waals surface area contributed by atoms with E-state index in [1.807, 2.05) is 12.3 Å². The SMILES string of the molecule is Nc1cc(Nc2cc(C(F)(F)F)ccn2)nc(C2C=NC(C3CCCc4cc(C(=O)O)ccc43)S2)c1. The van der Waals surface area contributed by atoms with Crippen molar-refractivity contribution >= 4 is 41.3 Å². The van der Waals surface area contributed by atoms with Crippen LogP contribution < -0.4 is 11.1 Å². The third-order valence-corrected chi connectivity index (χ3v) is 7.64. The van der Waals surface area contributed by atoms with Crippen molar-refractivity contribution in [3.63, 3.8) is 0 Å². The second-order valence-corrected chi connectivity index (χ2v) is 9.99. The van der Waals surface area contributed by atoms with Crippen LogP contribution in [-0.4, -0.2) is 32.6 Å². The van der Waals surface area contributed by atoms with E-state index in [0.29, 0.717) is 17.2 Å². The number of carboxylic acid groups (broad SMARTS) is 1.